The van der Waals surface area contributed by atoms with E-state index in [-0.39, 0.29) is 23.8 Å². The van der Waals surface area contributed by atoms with E-state index < -0.39 is 0 Å². The summed E-state index contributed by atoms with van der Waals surface area (Å²) < 4.78 is 0. The summed E-state index contributed by atoms with van der Waals surface area (Å²) in [6.45, 7) is 6.57. The van der Waals surface area contributed by atoms with E-state index in [0.717, 1.165) is 24.1 Å². The number of nitrogen functional groups attached to an aromatic ring is 1. The molecule has 0 aromatic heterocycles. The first kappa shape index (κ1) is 16.3. The number of carbonyl (C=O) groups excluding carboxylic acids is 2. The predicted octanol–water partition coefficient (Wildman–Crippen LogP) is 2.55. The predicted molar refractivity (Wildman–Crippen MR) is 88.4 cm³/mol. The molecule has 5 nitrogen and oxygen atoms in total. The molecule has 1 saturated heterocycles. The van der Waals surface area contributed by atoms with Crippen molar-refractivity contribution >= 4 is 23.2 Å². The van der Waals surface area contributed by atoms with Crippen molar-refractivity contribution in [2.45, 2.75) is 46.1 Å². The smallest absolute Gasteiger partial charge is 0.229 e. The number of carbonyl (C=O) groups is 2. The molecule has 5 heteroatoms. The van der Waals surface area contributed by atoms with Gasteiger partial charge in [-0.25, -0.2) is 0 Å². The number of benzene rings is 1. The second-order valence-electron chi connectivity index (χ2n) is 6.15. The summed E-state index contributed by atoms with van der Waals surface area (Å²) in [7, 11) is 0. The number of nitrogens with zero attached hydrogens (tertiary/aromatic N) is 1. The van der Waals surface area contributed by atoms with Gasteiger partial charge in [0.2, 0.25) is 11.8 Å². The van der Waals surface area contributed by atoms with Crippen molar-refractivity contribution in [3.8, 4) is 0 Å². The van der Waals surface area contributed by atoms with E-state index in [2.05, 4.69) is 12.2 Å². The Bertz CT molecular complexity index is 571. The summed E-state index contributed by atoms with van der Waals surface area (Å²) in [5.74, 6) is -0.314. The van der Waals surface area contributed by atoms with Gasteiger partial charge in [-0.05, 0) is 38.0 Å². The maximum absolute atomic E-state index is 12.4. The molecule has 1 aliphatic rings. The zero-order valence-corrected chi connectivity index (χ0v) is 13.6. The summed E-state index contributed by atoms with van der Waals surface area (Å²) in [5.41, 5.74) is 8.05. The Hall–Kier alpha value is -2.04. The number of nitrogens with two attached hydrogens (primary N) is 1. The molecule has 1 aliphatic heterocycles. The van der Waals surface area contributed by atoms with Crippen molar-refractivity contribution in [1.82, 2.24) is 4.90 Å². The fourth-order valence-electron chi connectivity index (χ4n) is 2.92. The molecule has 0 bridgehead atoms. The SMILES string of the molecule is CCCC(C)N1CC(C(=O)Nc2cc(N)ccc2C)CC1=O. The van der Waals surface area contributed by atoms with E-state index in [9.17, 15) is 9.59 Å². The first-order chi connectivity index (χ1) is 10.4. The average Bonchev–Trinajstić information content (AvgIpc) is 2.85. The molecule has 2 rings (SSSR count). The normalized spacial score (nSPS) is 19.3. The van der Waals surface area contributed by atoms with Crippen LogP contribution < -0.4 is 11.1 Å². The fraction of sp³-hybridized carbons (Fsp3) is 0.529. The van der Waals surface area contributed by atoms with Crippen LogP contribution in [0.15, 0.2) is 18.2 Å². The number of aryl methyl sites for hydroxylation is 1. The molecule has 1 fully saturated rings. The van der Waals surface area contributed by atoms with Gasteiger partial charge < -0.3 is 16.0 Å². The molecule has 0 aliphatic carbocycles. The van der Waals surface area contributed by atoms with Crippen LogP contribution in [0.25, 0.3) is 0 Å². The highest BCUT2D eigenvalue weighted by Gasteiger charge is 2.36. The molecule has 2 unspecified atom stereocenters. The molecule has 1 aromatic rings. The number of hydrogen-bond donors (Lipinski definition) is 2. The molecule has 2 amide bonds. The third-order valence-electron chi connectivity index (χ3n) is 4.29. The molecule has 120 valence electrons. The van der Waals surface area contributed by atoms with E-state index in [0.29, 0.717) is 18.7 Å². The lowest BCUT2D eigenvalue weighted by atomic mass is 10.1. The first-order valence-corrected chi connectivity index (χ1v) is 7.88. The molecule has 0 spiro atoms. The van der Waals surface area contributed by atoms with Gasteiger partial charge in [-0.15, -0.1) is 0 Å². The van der Waals surface area contributed by atoms with Gasteiger partial charge in [-0.3, -0.25) is 9.59 Å². The Labute approximate surface area is 131 Å². The maximum atomic E-state index is 12.4. The van der Waals surface area contributed by atoms with Crippen LogP contribution in [0.4, 0.5) is 11.4 Å². The molecule has 0 radical (unpaired) electrons. The minimum absolute atomic E-state index is 0.0744. The zero-order valence-electron chi connectivity index (χ0n) is 13.6. The number of amides is 2. The lowest BCUT2D eigenvalue weighted by Gasteiger charge is -2.24. The highest BCUT2D eigenvalue weighted by Crippen LogP contribution is 2.25. The van der Waals surface area contributed by atoms with Gasteiger partial charge in [0, 0.05) is 30.4 Å². The second-order valence-corrected chi connectivity index (χ2v) is 6.15. The molecule has 2 atom stereocenters. The summed E-state index contributed by atoms with van der Waals surface area (Å²) in [6.07, 6.45) is 2.29. The molecule has 3 N–H and O–H groups in total. The average molecular weight is 303 g/mol. The van der Waals surface area contributed by atoms with Crippen LogP contribution in [-0.4, -0.2) is 29.3 Å². The lowest BCUT2D eigenvalue weighted by molar-refractivity contribution is -0.129. The van der Waals surface area contributed by atoms with E-state index >= 15 is 0 Å². The van der Waals surface area contributed by atoms with Gasteiger partial charge in [0.05, 0.1) is 5.92 Å². The fourth-order valence-corrected chi connectivity index (χ4v) is 2.92. The van der Waals surface area contributed by atoms with Crippen LogP contribution in [0.2, 0.25) is 0 Å². The first-order valence-electron chi connectivity index (χ1n) is 7.88. The van der Waals surface area contributed by atoms with Gasteiger partial charge >= 0.3 is 0 Å². The van der Waals surface area contributed by atoms with Crippen molar-refractivity contribution in [2.24, 2.45) is 5.92 Å². The number of rotatable bonds is 5. The van der Waals surface area contributed by atoms with Crippen molar-refractivity contribution in [3.05, 3.63) is 23.8 Å². The van der Waals surface area contributed by atoms with Gasteiger partial charge in [0.25, 0.3) is 0 Å². The summed E-state index contributed by atoms with van der Waals surface area (Å²) in [4.78, 5) is 26.4. The Morgan fingerprint density at radius 3 is 2.91 bits per heavy atom. The van der Waals surface area contributed by atoms with E-state index in [1.54, 1.807) is 12.1 Å². The number of anilines is 2. The van der Waals surface area contributed by atoms with E-state index in [1.807, 2.05) is 24.8 Å². The van der Waals surface area contributed by atoms with Crippen LogP contribution in [0.1, 0.15) is 38.7 Å². The molecule has 1 heterocycles. The largest absolute Gasteiger partial charge is 0.399 e. The maximum Gasteiger partial charge on any atom is 0.229 e. The highest BCUT2D eigenvalue weighted by atomic mass is 16.2. The molecule has 0 saturated carbocycles. The standard InChI is InChI=1S/C17H25N3O2/c1-4-5-12(3)20-10-13(8-16(20)21)17(22)19-15-9-14(18)7-6-11(15)2/h6-7,9,12-13H,4-5,8,10,18H2,1-3H3,(H,19,22). The summed E-state index contributed by atoms with van der Waals surface area (Å²) >= 11 is 0. The van der Waals surface area contributed by atoms with Crippen LogP contribution in [0.3, 0.4) is 0 Å². The Morgan fingerprint density at radius 1 is 1.50 bits per heavy atom. The molecule has 22 heavy (non-hydrogen) atoms. The lowest BCUT2D eigenvalue weighted by Crippen LogP contribution is -2.35. The third-order valence-corrected chi connectivity index (χ3v) is 4.29. The van der Waals surface area contributed by atoms with Crippen LogP contribution in [0, 0.1) is 12.8 Å². The Morgan fingerprint density at radius 2 is 2.23 bits per heavy atom. The third kappa shape index (κ3) is 3.59. The quantitative estimate of drug-likeness (QED) is 0.821. The van der Waals surface area contributed by atoms with Crippen molar-refractivity contribution in [3.63, 3.8) is 0 Å². The molecular weight excluding hydrogens is 278 g/mol. The van der Waals surface area contributed by atoms with Crippen LogP contribution in [-0.2, 0) is 9.59 Å². The number of nitrogens with one attached hydrogen (secondary N) is 1. The van der Waals surface area contributed by atoms with Crippen molar-refractivity contribution < 1.29 is 9.59 Å². The minimum Gasteiger partial charge on any atom is -0.399 e. The monoisotopic (exact) mass is 303 g/mol. The molecular formula is C17H25N3O2. The molecule has 1 aromatic carbocycles. The van der Waals surface area contributed by atoms with Crippen molar-refractivity contribution in [1.29, 1.82) is 0 Å². The van der Waals surface area contributed by atoms with Crippen molar-refractivity contribution in [2.75, 3.05) is 17.6 Å². The minimum atomic E-state index is -0.285. The highest BCUT2D eigenvalue weighted by molar-refractivity contribution is 5.98. The van der Waals surface area contributed by atoms with Gasteiger partial charge in [-0.1, -0.05) is 19.4 Å². The Balaban J connectivity index is 2.02. The van der Waals surface area contributed by atoms with Crippen LogP contribution >= 0.6 is 0 Å². The van der Waals surface area contributed by atoms with Gasteiger partial charge in [0.1, 0.15) is 0 Å². The summed E-state index contributed by atoms with van der Waals surface area (Å²) in [6, 6.07) is 5.63. The van der Waals surface area contributed by atoms with Gasteiger partial charge in [0.15, 0.2) is 0 Å². The van der Waals surface area contributed by atoms with Crippen LogP contribution in [0.5, 0.6) is 0 Å². The van der Waals surface area contributed by atoms with E-state index in [1.165, 1.54) is 0 Å². The topological polar surface area (TPSA) is 75.4 Å². The summed E-state index contributed by atoms with van der Waals surface area (Å²) in [5, 5.41) is 2.91. The number of likely N-dealkylation sites (tertiary alicyclic amines) is 1. The number of hydrogen-bond acceptors (Lipinski definition) is 3. The van der Waals surface area contributed by atoms with E-state index in [4.69, 9.17) is 5.73 Å². The zero-order chi connectivity index (χ0) is 16.3. The second kappa shape index (κ2) is 6.81. The Kier molecular flexibility index (Phi) is 5.06. The van der Waals surface area contributed by atoms with Gasteiger partial charge in [-0.2, -0.15) is 0 Å².